The molecular weight excluding hydrogens is 168 g/mol. The van der Waals surface area contributed by atoms with Crippen LogP contribution in [0, 0.1) is 0 Å². The minimum Gasteiger partial charge on any atom is -0.355 e. The molecule has 0 atom stereocenters. The lowest BCUT2D eigenvalue weighted by atomic mass is 10.4. The van der Waals surface area contributed by atoms with Gasteiger partial charge in [-0.1, -0.05) is 5.11 Å². The Kier molecular flexibility index (Phi) is 6.57. The van der Waals surface area contributed by atoms with Crippen LogP contribution in [-0.2, 0) is 4.79 Å². The topological polar surface area (TPSA) is 77.9 Å². The van der Waals surface area contributed by atoms with Gasteiger partial charge in [-0.25, -0.2) is 0 Å². The van der Waals surface area contributed by atoms with E-state index in [-0.39, 0.29) is 18.9 Å². The zero-order chi connectivity index (χ0) is 8.53. The van der Waals surface area contributed by atoms with Crippen LogP contribution >= 0.6 is 11.6 Å². The van der Waals surface area contributed by atoms with Crippen LogP contribution in [0.3, 0.4) is 0 Å². The zero-order valence-corrected chi connectivity index (χ0v) is 6.71. The number of rotatable bonds is 5. The minimum atomic E-state index is -0.141. The summed E-state index contributed by atoms with van der Waals surface area (Å²) in [6.07, 6.45) is 0.223. The van der Waals surface area contributed by atoms with E-state index in [1.807, 2.05) is 0 Å². The van der Waals surface area contributed by atoms with E-state index in [9.17, 15) is 4.79 Å². The van der Waals surface area contributed by atoms with Gasteiger partial charge in [0.05, 0.1) is 0 Å². The first-order chi connectivity index (χ1) is 5.31. The fraction of sp³-hybridized carbons (Fsp3) is 0.800. The van der Waals surface area contributed by atoms with Crippen molar-refractivity contribution in [2.75, 3.05) is 19.0 Å². The molecule has 0 saturated heterocycles. The summed E-state index contributed by atoms with van der Waals surface area (Å²) in [5.74, 6) is 0.255. The first-order valence-electron chi connectivity index (χ1n) is 3.14. The molecule has 11 heavy (non-hydrogen) atoms. The summed E-state index contributed by atoms with van der Waals surface area (Å²) in [5.41, 5.74) is 7.86. The predicted molar refractivity (Wildman–Crippen MR) is 42.4 cm³/mol. The van der Waals surface area contributed by atoms with Crippen LogP contribution in [0.5, 0.6) is 0 Å². The minimum absolute atomic E-state index is 0.141. The normalized spacial score (nSPS) is 8.45. The molecule has 1 amide bonds. The molecule has 62 valence electrons. The molecule has 0 fully saturated rings. The third-order valence-corrected chi connectivity index (χ3v) is 1.11. The fourth-order valence-electron chi connectivity index (χ4n) is 0.471. The van der Waals surface area contributed by atoms with Gasteiger partial charge in [0, 0.05) is 30.3 Å². The summed E-state index contributed by atoms with van der Waals surface area (Å²) < 4.78 is 0. The molecule has 0 rings (SSSR count). The third-order valence-electron chi connectivity index (χ3n) is 0.919. The van der Waals surface area contributed by atoms with E-state index >= 15 is 0 Å². The maximum Gasteiger partial charge on any atom is 0.220 e. The van der Waals surface area contributed by atoms with Gasteiger partial charge in [-0.3, -0.25) is 4.79 Å². The van der Waals surface area contributed by atoms with Crippen molar-refractivity contribution in [3.63, 3.8) is 0 Å². The molecule has 6 heteroatoms. The van der Waals surface area contributed by atoms with E-state index in [2.05, 4.69) is 15.3 Å². The summed E-state index contributed by atoms with van der Waals surface area (Å²) in [7, 11) is 0. The summed E-state index contributed by atoms with van der Waals surface area (Å²) in [4.78, 5) is 13.2. The molecule has 0 radical (unpaired) electrons. The lowest BCUT2D eigenvalue weighted by molar-refractivity contribution is -0.120. The molecule has 5 nitrogen and oxygen atoms in total. The lowest BCUT2D eigenvalue weighted by Crippen LogP contribution is -2.25. The van der Waals surface area contributed by atoms with Crippen LogP contribution < -0.4 is 5.32 Å². The summed E-state index contributed by atoms with van der Waals surface area (Å²) in [6, 6.07) is 0. The summed E-state index contributed by atoms with van der Waals surface area (Å²) >= 11 is 5.31. The third kappa shape index (κ3) is 6.96. The number of halogens is 1. The molecule has 0 unspecified atom stereocenters. The Morgan fingerprint density at radius 3 is 3.00 bits per heavy atom. The molecule has 0 aliphatic rings. The monoisotopic (exact) mass is 176 g/mol. The van der Waals surface area contributed by atoms with Crippen molar-refractivity contribution in [3.8, 4) is 0 Å². The molecule has 0 aliphatic carbocycles. The number of azide groups is 1. The first kappa shape index (κ1) is 10.1. The molecule has 0 aromatic heterocycles. The Morgan fingerprint density at radius 1 is 1.73 bits per heavy atom. The van der Waals surface area contributed by atoms with Gasteiger partial charge in [0.1, 0.15) is 0 Å². The number of alkyl halides is 1. The highest BCUT2D eigenvalue weighted by molar-refractivity contribution is 6.18. The number of amides is 1. The molecular formula is C5H9ClN4O. The molecule has 0 spiro atoms. The second kappa shape index (κ2) is 7.18. The van der Waals surface area contributed by atoms with Gasteiger partial charge >= 0.3 is 0 Å². The van der Waals surface area contributed by atoms with Crippen molar-refractivity contribution in [3.05, 3.63) is 10.4 Å². The quantitative estimate of drug-likeness (QED) is 0.289. The van der Waals surface area contributed by atoms with E-state index < -0.39 is 0 Å². The highest BCUT2D eigenvalue weighted by Gasteiger charge is 1.96. The fourth-order valence-corrected chi connectivity index (χ4v) is 0.566. The number of nitrogens with zero attached hydrogens (tertiary/aromatic N) is 3. The van der Waals surface area contributed by atoms with Crippen LogP contribution in [0.15, 0.2) is 5.11 Å². The van der Waals surface area contributed by atoms with Crippen molar-refractivity contribution in [1.29, 1.82) is 0 Å². The maximum absolute atomic E-state index is 10.7. The molecule has 1 N–H and O–H groups in total. The number of carbonyl (C=O) groups is 1. The smallest absolute Gasteiger partial charge is 0.220 e. The van der Waals surface area contributed by atoms with Crippen molar-refractivity contribution in [1.82, 2.24) is 5.32 Å². The van der Waals surface area contributed by atoms with Gasteiger partial charge in [0.25, 0.3) is 0 Å². The van der Waals surface area contributed by atoms with Crippen LogP contribution in [0.1, 0.15) is 6.42 Å². The number of hydrogen-bond acceptors (Lipinski definition) is 2. The van der Waals surface area contributed by atoms with Gasteiger partial charge in [0.15, 0.2) is 0 Å². The van der Waals surface area contributed by atoms with Crippen molar-refractivity contribution >= 4 is 17.5 Å². The lowest BCUT2D eigenvalue weighted by Gasteiger charge is -1.98. The summed E-state index contributed by atoms with van der Waals surface area (Å²) in [6.45, 7) is 0.654. The number of hydrogen-bond donors (Lipinski definition) is 1. The standard InChI is InChI=1S/C5H9ClN4O/c6-2-4-8-5(11)1-3-9-10-7/h1-4H2,(H,8,11). The van der Waals surface area contributed by atoms with Crippen LogP contribution in [-0.4, -0.2) is 24.9 Å². The highest BCUT2D eigenvalue weighted by atomic mass is 35.5. The average Bonchev–Trinajstić information content (AvgIpc) is 2.01. The van der Waals surface area contributed by atoms with Crippen LogP contribution in [0.25, 0.3) is 10.4 Å². The SMILES string of the molecule is [N-]=[N+]=NCCC(=O)NCCCl. The molecule has 0 saturated carbocycles. The van der Waals surface area contributed by atoms with Gasteiger partial charge in [-0.05, 0) is 5.53 Å². The van der Waals surface area contributed by atoms with E-state index in [4.69, 9.17) is 17.1 Å². The van der Waals surface area contributed by atoms with E-state index in [0.717, 1.165) is 0 Å². The molecule has 0 heterocycles. The van der Waals surface area contributed by atoms with E-state index in [0.29, 0.717) is 12.4 Å². The number of nitrogens with one attached hydrogen (secondary N) is 1. The zero-order valence-electron chi connectivity index (χ0n) is 5.96. The largest absolute Gasteiger partial charge is 0.355 e. The Balaban J connectivity index is 3.29. The first-order valence-corrected chi connectivity index (χ1v) is 3.68. The molecule has 0 aromatic carbocycles. The molecule has 0 aliphatic heterocycles. The van der Waals surface area contributed by atoms with Crippen molar-refractivity contribution in [2.45, 2.75) is 6.42 Å². The predicted octanol–water partition coefficient (Wildman–Crippen LogP) is 1.04. The second-order valence-electron chi connectivity index (χ2n) is 1.74. The van der Waals surface area contributed by atoms with E-state index in [1.165, 1.54) is 0 Å². The van der Waals surface area contributed by atoms with Gasteiger partial charge < -0.3 is 5.32 Å². The molecule has 0 aromatic rings. The van der Waals surface area contributed by atoms with Crippen molar-refractivity contribution < 1.29 is 4.79 Å². The maximum atomic E-state index is 10.7. The highest BCUT2D eigenvalue weighted by Crippen LogP contribution is 1.82. The Hall–Kier alpha value is -0.930. The second-order valence-corrected chi connectivity index (χ2v) is 2.12. The van der Waals surface area contributed by atoms with Crippen LogP contribution in [0.2, 0.25) is 0 Å². The molecule has 0 bridgehead atoms. The van der Waals surface area contributed by atoms with Gasteiger partial charge in [-0.15, -0.1) is 11.6 Å². The average molecular weight is 177 g/mol. The van der Waals surface area contributed by atoms with Gasteiger partial charge in [-0.2, -0.15) is 0 Å². The Morgan fingerprint density at radius 2 is 2.45 bits per heavy atom. The Bertz CT molecular complexity index is 166. The van der Waals surface area contributed by atoms with Crippen LogP contribution in [0.4, 0.5) is 0 Å². The van der Waals surface area contributed by atoms with Crippen molar-refractivity contribution in [2.24, 2.45) is 5.11 Å². The summed E-state index contributed by atoms with van der Waals surface area (Å²) in [5, 5.41) is 5.74. The van der Waals surface area contributed by atoms with Gasteiger partial charge in [0.2, 0.25) is 5.91 Å². The Labute approximate surface area is 69.3 Å². The number of carbonyl (C=O) groups excluding carboxylic acids is 1. The van der Waals surface area contributed by atoms with E-state index in [1.54, 1.807) is 0 Å².